The lowest BCUT2D eigenvalue weighted by Crippen LogP contribution is -2.00. The standard InChI is InChI=1S/C51H31N3O.C45H27N3O/c1-3-12-32(13-4-1)49-52-50(33-14-5-2-6-15-33)54-51(53-49)38-24-27-45-44-26-23-37(30-47(44)55-48(45)31-38)35-17-11-16-34(28-35)36-22-25-43-41-20-8-7-18-39(41)40-19-9-10-21-42(40)46(43)29-36;1-3-11-28(12-4-1)43-46-44(29-13-5-2-6-14-29)48-45(47-43)32-21-24-39-38-23-20-31(26-41(38)49-42(39)27-32)30-19-22-37-35-17-8-7-15-33(35)34-16-9-10-18-36(34)40(37)25-30/h1-31H;1-27H. The van der Waals surface area contributed by atoms with E-state index in [1.54, 1.807) is 0 Å². The van der Waals surface area contributed by atoms with Gasteiger partial charge in [-0.1, -0.05) is 285 Å². The van der Waals surface area contributed by atoms with Crippen LogP contribution in [0.1, 0.15) is 0 Å². The van der Waals surface area contributed by atoms with E-state index in [1.165, 1.54) is 75.8 Å². The molecule has 21 rings (SSSR count). The summed E-state index contributed by atoms with van der Waals surface area (Å²) in [5, 5.41) is 19.5. The number of fused-ring (bicyclic) bond motifs is 18. The number of rotatable bonds is 9. The van der Waals surface area contributed by atoms with Gasteiger partial charge in [0.05, 0.1) is 0 Å². The van der Waals surface area contributed by atoms with Gasteiger partial charge in [-0.15, -0.1) is 0 Å². The second-order valence-corrected chi connectivity index (χ2v) is 26.4. The van der Waals surface area contributed by atoms with E-state index in [0.717, 1.165) is 99.5 Å². The Morgan fingerprint density at radius 1 is 0.125 bits per heavy atom. The summed E-state index contributed by atoms with van der Waals surface area (Å²) in [6.45, 7) is 0. The zero-order valence-corrected chi connectivity index (χ0v) is 56.0. The summed E-state index contributed by atoms with van der Waals surface area (Å²) in [5.74, 6) is 3.73. The van der Waals surface area contributed by atoms with Gasteiger partial charge in [-0.2, -0.15) is 0 Å². The molecule has 0 aliphatic carbocycles. The topological polar surface area (TPSA) is 104 Å². The highest BCUT2D eigenvalue weighted by atomic mass is 16.3. The van der Waals surface area contributed by atoms with Crippen molar-refractivity contribution in [3.8, 4) is 102 Å². The lowest BCUT2D eigenvalue weighted by molar-refractivity contribution is 0.669. The van der Waals surface area contributed by atoms with Crippen molar-refractivity contribution in [1.82, 2.24) is 29.9 Å². The number of furan rings is 2. The van der Waals surface area contributed by atoms with Crippen LogP contribution < -0.4 is 0 Å². The molecule has 0 saturated carbocycles. The molecule has 4 heterocycles. The molecule has 484 valence electrons. The van der Waals surface area contributed by atoms with Crippen LogP contribution in [0.4, 0.5) is 0 Å². The SMILES string of the molecule is c1ccc(-c2nc(-c3ccccc3)nc(-c3ccc4c(c3)oc3cc(-c5ccc6c7ccccc7c7ccccc7c6c5)ccc34)n2)cc1.c1ccc(-c2nc(-c3ccccc3)nc(-c3ccc4c(c3)oc3cc(-c5cccc(-c6ccc7c8ccccc8c8ccccc8c7c6)c5)ccc34)n2)cc1. The van der Waals surface area contributed by atoms with Gasteiger partial charge < -0.3 is 8.83 Å². The minimum absolute atomic E-state index is 0.599. The van der Waals surface area contributed by atoms with Crippen LogP contribution in [0, 0.1) is 0 Å². The number of hydrogen-bond donors (Lipinski definition) is 0. The summed E-state index contributed by atoms with van der Waals surface area (Å²) in [6, 6.07) is 123. The first-order valence-electron chi connectivity index (χ1n) is 35.0. The maximum Gasteiger partial charge on any atom is 0.164 e. The number of aromatic nitrogens is 6. The monoisotopic (exact) mass is 1330 g/mol. The van der Waals surface area contributed by atoms with Crippen molar-refractivity contribution in [1.29, 1.82) is 0 Å². The molecule has 0 aliphatic heterocycles. The zero-order chi connectivity index (χ0) is 68.6. The maximum atomic E-state index is 6.57. The molecule has 17 aromatic carbocycles. The summed E-state index contributed by atoms with van der Waals surface area (Å²) < 4.78 is 13.1. The van der Waals surface area contributed by atoms with Crippen LogP contribution in [-0.4, -0.2) is 29.9 Å². The van der Waals surface area contributed by atoms with Gasteiger partial charge in [-0.3, -0.25) is 0 Å². The minimum Gasteiger partial charge on any atom is -0.456 e. The quantitative estimate of drug-likeness (QED) is 0.132. The average Bonchev–Trinajstić information content (AvgIpc) is 0.862. The third kappa shape index (κ3) is 10.6. The number of benzene rings is 17. The Bertz CT molecular complexity index is 6790. The van der Waals surface area contributed by atoms with E-state index in [2.05, 4.69) is 218 Å². The predicted octanol–water partition coefficient (Wildman–Crippen LogP) is 25.5. The molecule has 0 fully saturated rings. The molecule has 0 radical (unpaired) electrons. The van der Waals surface area contributed by atoms with Crippen LogP contribution >= 0.6 is 0 Å². The Hall–Kier alpha value is -14.1. The van der Waals surface area contributed by atoms with Gasteiger partial charge in [0, 0.05) is 54.9 Å². The highest BCUT2D eigenvalue weighted by molar-refractivity contribution is 6.27. The first kappa shape index (κ1) is 59.9. The summed E-state index contributed by atoms with van der Waals surface area (Å²) in [5.41, 5.74) is 15.6. The molecule has 21 aromatic rings. The van der Waals surface area contributed by atoms with Crippen molar-refractivity contribution in [2.75, 3.05) is 0 Å². The Balaban J connectivity index is 0.000000139. The lowest BCUT2D eigenvalue weighted by Gasteiger charge is -2.12. The predicted molar refractivity (Wildman–Crippen MR) is 428 cm³/mol. The maximum absolute atomic E-state index is 6.57. The minimum atomic E-state index is 0.599. The molecule has 0 amide bonds. The van der Waals surface area contributed by atoms with Crippen molar-refractivity contribution in [3.05, 3.63) is 352 Å². The highest BCUT2D eigenvalue weighted by Crippen LogP contribution is 2.43. The molecule has 0 saturated heterocycles. The van der Waals surface area contributed by atoms with Crippen LogP contribution in [0.2, 0.25) is 0 Å². The fourth-order valence-electron chi connectivity index (χ4n) is 15.1. The van der Waals surface area contributed by atoms with Crippen LogP contribution in [0.3, 0.4) is 0 Å². The highest BCUT2D eigenvalue weighted by Gasteiger charge is 2.20. The van der Waals surface area contributed by atoms with Gasteiger partial charge in [0.25, 0.3) is 0 Å². The van der Waals surface area contributed by atoms with E-state index in [1.807, 2.05) is 133 Å². The molecular formula is C96H58N6O2. The van der Waals surface area contributed by atoms with E-state index in [9.17, 15) is 0 Å². The second-order valence-electron chi connectivity index (χ2n) is 26.4. The fourth-order valence-corrected chi connectivity index (χ4v) is 15.1. The zero-order valence-electron chi connectivity index (χ0n) is 56.0. The largest absolute Gasteiger partial charge is 0.456 e. The van der Waals surface area contributed by atoms with Crippen LogP contribution in [0.25, 0.3) is 210 Å². The Labute approximate surface area is 597 Å². The molecule has 0 bridgehead atoms. The van der Waals surface area contributed by atoms with Gasteiger partial charge in [-0.25, -0.2) is 29.9 Å². The van der Waals surface area contributed by atoms with E-state index >= 15 is 0 Å². The number of hydrogen-bond acceptors (Lipinski definition) is 8. The molecule has 0 aliphatic rings. The summed E-state index contributed by atoms with van der Waals surface area (Å²) in [6.07, 6.45) is 0. The molecule has 8 heteroatoms. The normalized spacial score (nSPS) is 11.7. The van der Waals surface area contributed by atoms with Crippen molar-refractivity contribution in [2.45, 2.75) is 0 Å². The molecule has 0 N–H and O–H groups in total. The Kier molecular flexibility index (Phi) is 14.4. The van der Waals surface area contributed by atoms with Crippen molar-refractivity contribution in [3.63, 3.8) is 0 Å². The van der Waals surface area contributed by atoms with Crippen LogP contribution in [0.15, 0.2) is 361 Å². The molecule has 8 nitrogen and oxygen atoms in total. The van der Waals surface area contributed by atoms with Gasteiger partial charge in [0.2, 0.25) is 0 Å². The first-order valence-corrected chi connectivity index (χ1v) is 35.0. The molecule has 0 unspecified atom stereocenters. The Morgan fingerprint density at radius 2 is 0.317 bits per heavy atom. The third-order valence-electron chi connectivity index (χ3n) is 20.2. The van der Waals surface area contributed by atoms with Crippen LogP contribution in [0.5, 0.6) is 0 Å². The summed E-state index contributed by atoms with van der Waals surface area (Å²) in [7, 11) is 0. The molecule has 4 aromatic heterocycles. The number of nitrogens with zero attached hydrogens (tertiary/aromatic N) is 6. The molecule has 0 atom stereocenters. The van der Waals surface area contributed by atoms with Gasteiger partial charge in [0.15, 0.2) is 34.9 Å². The van der Waals surface area contributed by atoms with E-state index < -0.39 is 0 Å². The smallest absolute Gasteiger partial charge is 0.164 e. The van der Waals surface area contributed by atoms with Gasteiger partial charge >= 0.3 is 0 Å². The van der Waals surface area contributed by atoms with Crippen LogP contribution in [-0.2, 0) is 0 Å². The lowest BCUT2D eigenvalue weighted by atomic mass is 9.91. The molecule has 104 heavy (non-hydrogen) atoms. The van der Waals surface area contributed by atoms with Crippen molar-refractivity contribution >= 4 is 109 Å². The van der Waals surface area contributed by atoms with E-state index in [-0.39, 0.29) is 0 Å². The van der Waals surface area contributed by atoms with E-state index in [4.69, 9.17) is 38.7 Å². The first-order chi connectivity index (χ1) is 51.5. The molecule has 0 spiro atoms. The Morgan fingerprint density at radius 3 is 0.606 bits per heavy atom. The van der Waals surface area contributed by atoms with Crippen molar-refractivity contribution < 1.29 is 8.83 Å². The third-order valence-corrected chi connectivity index (χ3v) is 20.2. The van der Waals surface area contributed by atoms with Gasteiger partial charge in [-0.05, 0) is 165 Å². The average molecular weight is 1330 g/mol. The second kappa shape index (κ2) is 25.0. The summed E-state index contributed by atoms with van der Waals surface area (Å²) >= 11 is 0. The van der Waals surface area contributed by atoms with Gasteiger partial charge in [0.1, 0.15) is 22.3 Å². The fraction of sp³-hybridized carbons (Fsp3) is 0. The summed E-state index contributed by atoms with van der Waals surface area (Å²) in [4.78, 5) is 29.4. The molecular weight excluding hydrogens is 1270 g/mol. The van der Waals surface area contributed by atoms with Crippen molar-refractivity contribution in [2.24, 2.45) is 0 Å². The van der Waals surface area contributed by atoms with E-state index in [0.29, 0.717) is 34.9 Å².